The molecule has 0 saturated heterocycles. The second kappa shape index (κ2) is 11.1. The lowest BCUT2D eigenvalue weighted by Crippen LogP contribution is -2.22. The number of anilines is 2. The molecule has 0 unspecified atom stereocenters. The molecule has 10 heteroatoms. The van der Waals surface area contributed by atoms with Crippen LogP contribution in [0, 0.1) is 6.92 Å². The van der Waals surface area contributed by atoms with E-state index in [-0.39, 0.29) is 28.8 Å². The Balaban J connectivity index is 1.34. The Morgan fingerprint density at radius 1 is 1.00 bits per heavy atom. The number of hydrogen-bond donors (Lipinski definition) is 1. The fourth-order valence-electron chi connectivity index (χ4n) is 5.46. The van der Waals surface area contributed by atoms with E-state index in [1.54, 1.807) is 18.5 Å². The Bertz CT molecular complexity index is 1590. The number of aryl methyl sites for hydroxylation is 1. The Morgan fingerprint density at radius 3 is 2.29 bits per heavy atom. The quantitative estimate of drug-likeness (QED) is 0.268. The van der Waals surface area contributed by atoms with E-state index in [1.165, 1.54) is 25.3 Å². The normalized spacial score (nSPS) is 14.8. The summed E-state index contributed by atoms with van der Waals surface area (Å²) in [5, 5.41) is 2.80. The second-order valence-electron chi connectivity index (χ2n) is 11.5. The molecule has 1 N–H and O–H groups in total. The van der Waals surface area contributed by atoms with Crippen LogP contribution in [0.1, 0.15) is 71.8 Å². The monoisotopic (exact) mass is 571 g/mol. The summed E-state index contributed by atoms with van der Waals surface area (Å²) in [6, 6.07) is 11.7. The summed E-state index contributed by atoms with van der Waals surface area (Å²) in [5.41, 5.74) is 5.09. The number of amides is 1. The number of nitrogens with zero attached hydrogens (tertiary/aromatic N) is 4. The van der Waals surface area contributed by atoms with Gasteiger partial charge >= 0.3 is 0 Å². The maximum atomic E-state index is 13.2. The highest BCUT2D eigenvalue weighted by Crippen LogP contribution is 2.47. The van der Waals surface area contributed by atoms with Crippen LogP contribution in [-0.4, -0.2) is 42.1 Å². The molecule has 0 spiro atoms. The first-order chi connectivity index (χ1) is 19.9. The van der Waals surface area contributed by atoms with Gasteiger partial charge in [-0.3, -0.25) is 9.78 Å². The number of benzene rings is 1. The van der Waals surface area contributed by atoms with Gasteiger partial charge in [-0.2, -0.15) is 9.97 Å². The lowest BCUT2D eigenvalue weighted by atomic mass is 9.86. The van der Waals surface area contributed by atoms with Crippen molar-refractivity contribution < 1.29 is 23.4 Å². The average molecular weight is 572 g/mol. The first-order valence-corrected chi connectivity index (χ1v) is 13.8. The molecule has 4 heterocycles. The number of ether oxygens (including phenoxy) is 3. The van der Waals surface area contributed by atoms with Crippen molar-refractivity contribution in [1.82, 2.24) is 15.0 Å². The zero-order valence-corrected chi connectivity index (χ0v) is 25.4. The molecule has 1 aliphatic heterocycles. The minimum atomic E-state index is -0.472. The number of aromatic nitrogens is 3. The Labute approximate surface area is 246 Å². The van der Waals surface area contributed by atoms with Gasteiger partial charge in [0, 0.05) is 32.4 Å². The maximum absolute atomic E-state index is 13.2. The molecule has 10 nitrogen and oxygen atoms in total. The number of hydrogen-bond acceptors (Lipinski definition) is 9. The van der Waals surface area contributed by atoms with E-state index in [4.69, 9.17) is 18.6 Å². The largest absolute Gasteiger partial charge is 0.479 e. The third-order valence-electron chi connectivity index (χ3n) is 7.47. The highest BCUT2D eigenvalue weighted by molar-refractivity contribution is 6.03. The van der Waals surface area contributed by atoms with Crippen LogP contribution >= 0.6 is 0 Å². The minimum Gasteiger partial charge on any atom is -0.479 e. The van der Waals surface area contributed by atoms with E-state index < -0.39 is 11.5 Å². The van der Waals surface area contributed by atoms with Crippen molar-refractivity contribution in [3.05, 3.63) is 88.1 Å². The van der Waals surface area contributed by atoms with Crippen LogP contribution in [-0.2, 0) is 28.9 Å². The van der Waals surface area contributed by atoms with E-state index in [1.807, 2.05) is 30.1 Å². The van der Waals surface area contributed by atoms with Gasteiger partial charge in [-0.1, -0.05) is 18.2 Å². The summed E-state index contributed by atoms with van der Waals surface area (Å²) in [4.78, 5) is 28.2. The van der Waals surface area contributed by atoms with Crippen molar-refractivity contribution in [3.8, 4) is 11.8 Å². The maximum Gasteiger partial charge on any atom is 0.291 e. The molecular weight excluding hydrogens is 534 g/mol. The van der Waals surface area contributed by atoms with Crippen molar-refractivity contribution in [2.45, 2.75) is 58.8 Å². The lowest BCUT2D eigenvalue weighted by molar-refractivity contribution is -0.105. The average Bonchev–Trinajstić information content (AvgIpc) is 3.48. The van der Waals surface area contributed by atoms with Gasteiger partial charge in [0.25, 0.3) is 5.91 Å². The molecule has 0 fully saturated rings. The van der Waals surface area contributed by atoms with Crippen LogP contribution in [0.2, 0.25) is 0 Å². The molecule has 220 valence electrons. The lowest BCUT2D eigenvalue weighted by Gasteiger charge is -2.24. The molecule has 3 aromatic heterocycles. The number of carbonyl (C=O) groups is 1. The Morgan fingerprint density at radius 2 is 1.67 bits per heavy atom. The predicted octanol–water partition coefficient (Wildman–Crippen LogP) is 5.77. The fraction of sp³-hybridized carbons (Fsp3) is 0.375. The van der Waals surface area contributed by atoms with Gasteiger partial charge in [0.1, 0.15) is 5.76 Å². The molecule has 42 heavy (non-hydrogen) atoms. The van der Waals surface area contributed by atoms with E-state index in [0.29, 0.717) is 24.7 Å². The van der Waals surface area contributed by atoms with E-state index in [2.05, 4.69) is 67.0 Å². The number of methoxy groups -OCH3 is 2. The summed E-state index contributed by atoms with van der Waals surface area (Å²) in [7, 11) is 4.79. The summed E-state index contributed by atoms with van der Waals surface area (Å²) in [6.07, 6.45) is 4.03. The highest BCUT2D eigenvalue weighted by Gasteiger charge is 2.43. The number of fused-ring (bicyclic) bond motifs is 1. The van der Waals surface area contributed by atoms with Crippen LogP contribution in [0.4, 0.5) is 11.6 Å². The standard InChI is InChI=1S/C32H37N5O5/c1-19-14-23-24(32(4,5)42-31(23,2)3)16-21(19)15-22-11-12-25(41-22)27(38)34-26-28(39-7)35-30(36-29(26)40-8)37(6)18-20-10-9-13-33-17-20/h9-14,16-17H,15,18H2,1-8H3,(H,34,38). The zero-order valence-electron chi connectivity index (χ0n) is 25.4. The van der Waals surface area contributed by atoms with Gasteiger partial charge in [0.15, 0.2) is 11.4 Å². The van der Waals surface area contributed by atoms with Crippen molar-refractivity contribution in [1.29, 1.82) is 0 Å². The van der Waals surface area contributed by atoms with Crippen LogP contribution in [0.25, 0.3) is 0 Å². The van der Waals surface area contributed by atoms with Crippen molar-refractivity contribution >= 4 is 17.5 Å². The van der Waals surface area contributed by atoms with E-state index in [9.17, 15) is 4.79 Å². The third-order valence-corrected chi connectivity index (χ3v) is 7.47. The molecule has 4 aromatic rings. The molecular formula is C32H37N5O5. The van der Waals surface area contributed by atoms with Crippen LogP contribution < -0.4 is 19.7 Å². The molecule has 0 atom stereocenters. The first kappa shape index (κ1) is 29.1. The number of carbonyl (C=O) groups excluding carboxylic acids is 1. The molecule has 1 amide bonds. The number of rotatable bonds is 9. The van der Waals surface area contributed by atoms with Crippen molar-refractivity contribution in [2.75, 3.05) is 31.5 Å². The van der Waals surface area contributed by atoms with Crippen LogP contribution in [0.5, 0.6) is 11.8 Å². The van der Waals surface area contributed by atoms with Crippen molar-refractivity contribution in [2.24, 2.45) is 0 Å². The number of furan rings is 1. The van der Waals surface area contributed by atoms with Gasteiger partial charge in [0.2, 0.25) is 17.7 Å². The zero-order chi connectivity index (χ0) is 30.2. The van der Waals surface area contributed by atoms with Crippen LogP contribution in [0.3, 0.4) is 0 Å². The summed E-state index contributed by atoms with van der Waals surface area (Å²) < 4.78 is 23.3. The summed E-state index contributed by atoms with van der Waals surface area (Å²) in [5.74, 6) is 1.04. The molecule has 0 saturated carbocycles. The molecule has 0 aliphatic carbocycles. The number of pyridine rings is 1. The number of nitrogens with one attached hydrogen (secondary N) is 1. The molecule has 1 aromatic carbocycles. The molecule has 5 rings (SSSR count). The molecule has 1 aliphatic rings. The third kappa shape index (κ3) is 5.67. The first-order valence-electron chi connectivity index (χ1n) is 13.8. The van der Waals surface area contributed by atoms with E-state index in [0.717, 1.165) is 16.7 Å². The summed E-state index contributed by atoms with van der Waals surface area (Å²) >= 11 is 0. The van der Waals surface area contributed by atoms with E-state index >= 15 is 0 Å². The molecule has 0 bridgehead atoms. The van der Waals surface area contributed by atoms with Gasteiger partial charge in [-0.15, -0.1) is 0 Å². The second-order valence-corrected chi connectivity index (χ2v) is 11.5. The van der Waals surface area contributed by atoms with Crippen molar-refractivity contribution in [3.63, 3.8) is 0 Å². The Kier molecular flexibility index (Phi) is 7.68. The van der Waals surface area contributed by atoms with Gasteiger partial charge in [-0.05, 0) is 80.6 Å². The van der Waals surface area contributed by atoms with Gasteiger partial charge in [-0.25, -0.2) is 0 Å². The van der Waals surface area contributed by atoms with Crippen LogP contribution in [0.15, 0.2) is 53.2 Å². The highest BCUT2D eigenvalue weighted by atomic mass is 16.5. The predicted molar refractivity (Wildman–Crippen MR) is 159 cm³/mol. The fourth-order valence-corrected chi connectivity index (χ4v) is 5.46. The van der Waals surface area contributed by atoms with Gasteiger partial charge < -0.3 is 28.8 Å². The topological polar surface area (TPSA) is 112 Å². The minimum absolute atomic E-state index is 0.149. The SMILES string of the molecule is COc1nc(N(C)Cc2cccnc2)nc(OC)c1NC(=O)c1ccc(Cc2cc3c(cc2C)C(C)(C)OC3(C)C)o1. The Hall–Kier alpha value is -4.44. The van der Waals surface area contributed by atoms with Gasteiger partial charge in [0.05, 0.1) is 25.4 Å². The smallest absolute Gasteiger partial charge is 0.291 e. The molecule has 0 radical (unpaired) electrons. The summed E-state index contributed by atoms with van der Waals surface area (Å²) in [6.45, 7) is 11.0.